The second kappa shape index (κ2) is 5.90. The summed E-state index contributed by atoms with van der Waals surface area (Å²) in [6.45, 7) is 1.98. The molecule has 5 nitrogen and oxygen atoms in total. The van der Waals surface area contributed by atoms with E-state index in [-0.39, 0.29) is 11.7 Å². The number of aryl methyl sites for hydroxylation is 1. The fraction of sp³-hybridized carbons (Fsp3) is 0.231. The lowest BCUT2D eigenvalue weighted by molar-refractivity contribution is -0.355. The highest BCUT2D eigenvalue weighted by atomic mass is 32.2. The van der Waals surface area contributed by atoms with E-state index in [2.05, 4.69) is 10.4 Å². The van der Waals surface area contributed by atoms with Gasteiger partial charge in [-0.25, -0.2) is 10.8 Å². The standard InChI is InChI=1S/C13H15N3O2S/c1-8-5-12(19-7-13(17)16-14)10-6-9(18-2)3-4-11(10)15-8/h3-6H,7,14H2,1-2H3,(H,16,17)/p+1. The van der Waals surface area contributed by atoms with Gasteiger partial charge in [-0.3, -0.25) is 10.2 Å². The molecule has 0 bridgehead atoms. The van der Waals surface area contributed by atoms with Crippen LogP contribution < -0.4 is 21.0 Å². The SMILES string of the molecule is COc1ccc2[nH+]c(C)cc(SCC(=O)NN)c2c1. The van der Waals surface area contributed by atoms with Gasteiger partial charge in [0.1, 0.15) is 5.75 Å². The first kappa shape index (κ1) is 13.6. The molecule has 0 unspecified atom stereocenters. The summed E-state index contributed by atoms with van der Waals surface area (Å²) < 4.78 is 5.23. The first-order chi connectivity index (χ1) is 9.13. The molecule has 2 rings (SSSR count). The number of ether oxygens (including phenoxy) is 1. The monoisotopic (exact) mass is 278 g/mol. The van der Waals surface area contributed by atoms with Gasteiger partial charge in [-0.1, -0.05) is 0 Å². The van der Waals surface area contributed by atoms with Crippen molar-refractivity contribution in [3.05, 3.63) is 30.0 Å². The van der Waals surface area contributed by atoms with Crippen LogP contribution in [0.25, 0.3) is 10.9 Å². The van der Waals surface area contributed by atoms with Gasteiger partial charge in [-0.2, -0.15) is 0 Å². The van der Waals surface area contributed by atoms with E-state index in [9.17, 15) is 4.79 Å². The van der Waals surface area contributed by atoms with Gasteiger partial charge in [0, 0.05) is 24.0 Å². The molecule has 0 radical (unpaired) electrons. The number of benzene rings is 1. The van der Waals surface area contributed by atoms with Gasteiger partial charge in [-0.15, -0.1) is 11.8 Å². The van der Waals surface area contributed by atoms with Gasteiger partial charge in [-0.05, 0) is 12.1 Å². The van der Waals surface area contributed by atoms with Gasteiger partial charge in [0.15, 0.2) is 5.69 Å². The molecule has 0 saturated heterocycles. The highest BCUT2D eigenvalue weighted by Crippen LogP contribution is 2.29. The number of hydrazine groups is 1. The van der Waals surface area contributed by atoms with Crippen LogP contribution in [0, 0.1) is 6.92 Å². The van der Waals surface area contributed by atoms with Crippen LogP contribution in [0.1, 0.15) is 5.69 Å². The third-order valence-corrected chi connectivity index (χ3v) is 3.75. The minimum absolute atomic E-state index is 0.202. The molecular weight excluding hydrogens is 262 g/mol. The van der Waals surface area contributed by atoms with Crippen molar-refractivity contribution in [1.82, 2.24) is 5.43 Å². The minimum atomic E-state index is -0.202. The van der Waals surface area contributed by atoms with Crippen LogP contribution in [0.15, 0.2) is 29.2 Å². The molecule has 0 atom stereocenters. The average molecular weight is 278 g/mol. The summed E-state index contributed by atoms with van der Waals surface area (Å²) in [4.78, 5) is 15.6. The van der Waals surface area contributed by atoms with Crippen LogP contribution in [0.2, 0.25) is 0 Å². The van der Waals surface area contributed by atoms with Crippen LogP contribution in [-0.4, -0.2) is 18.8 Å². The molecule has 0 aliphatic heterocycles. The van der Waals surface area contributed by atoms with E-state index < -0.39 is 0 Å². The van der Waals surface area contributed by atoms with E-state index in [0.717, 1.165) is 27.2 Å². The number of aromatic nitrogens is 1. The van der Waals surface area contributed by atoms with Crippen molar-refractivity contribution in [3.63, 3.8) is 0 Å². The summed E-state index contributed by atoms with van der Waals surface area (Å²) in [7, 11) is 1.63. The number of pyridine rings is 1. The number of nitrogens with one attached hydrogen (secondary N) is 2. The molecule has 0 aliphatic carbocycles. The molecule has 0 saturated carbocycles. The number of carbonyl (C=O) groups is 1. The van der Waals surface area contributed by atoms with Crippen molar-refractivity contribution in [2.24, 2.45) is 5.84 Å². The van der Waals surface area contributed by atoms with Gasteiger partial charge >= 0.3 is 0 Å². The highest BCUT2D eigenvalue weighted by Gasteiger charge is 2.12. The third-order valence-electron chi connectivity index (χ3n) is 2.69. The molecule has 6 heteroatoms. The van der Waals surface area contributed by atoms with Crippen molar-refractivity contribution >= 4 is 28.6 Å². The van der Waals surface area contributed by atoms with Crippen LogP contribution in [0.3, 0.4) is 0 Å². The molecule has 0 aliphatic rings. The Balaban J connectivity index is 2.42. The summed E-state index contributed by atoms with van der Waals surface area (Å²) >= 11 is 1.45. The smallest absolute Gasteiger partial charge is 0.244 e. The molecule has 100 valence electrons. The number of amides is 1. The van der Waals surface area contributed by atoms with Gasteiger partial charge in [0.2, 0.25) is 11.4 Å². The molecule has 0 spiro atoms. The zero-order valence-electron chi connectivity index (χ0n) is 10.8. The first-order valence-electron chi connectivity index (χ1n) is 5.77. The van der Waals surface area contributed by atoms with E-state index in [0.29, 0.717) is 0 Å². The molecule has 2 aromatic rings. The zero-order valence-corrected chi connectivity index (χ0v) is 11.6. The topological polar surface area (TPSA) is 78.5 Å². The van der Waals surface area contributed by atoms with Crippen LogP contribution in [-0.2, 0) is 4.79 Å². The Morgan fingerprint density at radius 3 is 2.95 bits per heavy atom. The van der Waals surface area contributed by atoms with Crippen LogP contribution >= 0.6 is 11.8 Å². The number of nitrogens with two attached hydrogens (primary N) is 1. The van der Waals surface area contributed by atoms with Crippen LogP contribution in [0.4, 0.5) is 0 Å². The Morgan fingerprint density at radius 2 is 2.26 bits per heavy atom. The van der Waals surface area contributed by atoms with Gasteiger partial charge in [0.05, 0.1) is 18.2 Å². The Kier molecular flexibility index (Phi) is 4.24. The van der Waals surface area contributed by atoms with E-state index >= 15 is 0 Å². The summed E-state index contributed by atoms with van der Waals surface area (Å²) in [5.41, 5.74) is 4.17. The molecule has 19 heavy (non-hydrogen) atoms. The molecule has 0 fully saturated rings. The summed E-state index contributed by atoms with van der Waals surface area (Å²) in [5, 5.41) is 1.03. The maximum Gasteiger partial charge on any atom is 0.244 e. The number of H-pyrrole nitrogens is 1. The molecule has 4 N–H and O–H groups in total. The summed E-state index contributed by atoms with van der Waals surface area (Å²) in [5.74, 6) is 5.95. The Labute approximate surface area is 115 Å². The van der Waals surface area contributed by atoms with Crippen molar-refractivity contribution < 1.29 is 14.5 Å². The molecule has 1 aromatic heterocycles. The van der Waals surface area contributed by atoms with Crippen LogP contribution in [0.5, 0.6) is 5.75 Å². The molecular formula is C13H16N3O2S+. The summed E-state index contributed by atoms with van der Waals surface area (Å²) in [6.07, 6.45) is 0. The van der Waals surface area contributed by atoms with Gasteiger partial charge in [0.25, 0.3) is 0 Å². The van der Waals surface area contributed by atoms with E-state index in [4.69, 9.17) is 10.6 Å². The molecule has 1 heterocycles. The predicted molar refractivity (Wildman–Crippen MR) is 74.8 cm³/mol. The average Bonchev–Trinajstić information content (AvgIpc) is 2.43. The number of hydrogen-bond acceptors (Lipinski definition) is 4. The zero-order chi connectivity index (χ0) is 13.8. The lowest BCUT2D eigenvalue weighted by Crippen LogP contribution is -2.31. The molecule has 1 aromatic carbocycles. The lowest BCUT2D eigenvalue weighted by Gasteiger charge is -2.05. The largest absolute Gasteiger partial charge is 0.497 e. The van der Waals surface area contributed by atoms with Crippen molar-refractivity contribution in [2.45, 2.75) is 11.8 Å². The second-order valence-electron chi connectivity index (χ2n) is 4.08. The number of methoxy groups -OCH3 is 1. The Morgan fingerprint density at radius 1 is 1.47 bits per heavy atom. The fourth-order valence-electron chi connectivity index (χ4n) is 1.79. The maximum atomic E-state index is 11.2. The number of fused-ring (bicyclic) bond motifs is 1. The Hall–Kier alpha value is -1.79. The second-order valence-corrected chi connectivity index (χ2v) is 5.10. The maximum absolute atomic E-state index is 11.2. The number of carbonyl (C=O) groups excluding carboxylic acids is 1. The number of aromatic amines is 1. The quantitative estimate of drug-likeness (QED) is 0.379. The fourth-order valence-corrected chi connectivity index (χ4v) is 2.74. The van der Waals surface area contributed by atoms with E-state index in [1.807, 2.05) is 31.2 Å². The third kappa shape index (κ3) is 3.15. The minimum Gasteiger partial charge on any atom is -0.497 e. The predicted octanol–water partition coefficient (Wildman–Crippen LogP) is 1.05. The van der Waals surface area contributed by atoms with Crippen molar-refractivity contribution in [3.8, 4) is 5.75 Å². The lowest BCUT2D eigenvalue weighted by atomic mass is 10.2. The van der Waals surface area contributed by atoms with Crippen molar-refractivity contribution in [2.75, 3.05) is 12.9 Å². The molecule has 1 amide bonds. The highest BCUT2D eigenvalue weighted by molar-refractivity contribution is 8.00. The van der Waals surface area contributed by atoms with E-state index in [1.54, 1.807) is 7.11 Å². The number of rotatable bonds is 4. The van der Waals surface area contributed by atoms with Gasteiger partial charge < -0.3 is 4.74 Å². The number of hydrogen-bond donors (Lipinski definition) is 2. The summed E-state index contributed by atoms with van der Waals surface area (Å²) in [6, 6.07) is 7.83. The van der Waals surface area contributed by atoms with Crippen molar-refractivity contribution in [1.29, 1.82) is 0 Å². The normalized spacial score (nSPS) is 10.5. The number of thioether (sulfide) groups is 1. The Bertz CT molecular complexity index is 616. The van der Waals surface area contributed by atoms with E-state index in [1.165, 1.54) is 11.8 Å². The first-order valence-corrected chi connectivity index (χ1v) is 6.75.